The minimum absolute atomic E-state index is 0.101. The molecular formula is C16H22F2N4O4. The van der Waals surface area contributed by atoms with Crippen LogP contribution in [0.25, 0.3) is 0 Å². The summed E-state index contributed by atoms with van der Waals surface area (Å²) < 4.78 is 31.2. The third-order valence-corrected chi connectivity index (χ3v) is 4.84. The Hall–Kier alpha value is -2.23. The fourth-order valence-corrected chi connectivity index (χ4v) is 3.61. The second-order valence-corrected chi connectivity index (χ2v) is 6.90. The summed E-state index contributed by atoms with van der Waals surface area (Å²) in [5.41, 5.74) is 1.74. The molecule has 0 saturated heterocycles. The molecule has 2 atom stereocenters. The van der Waals surface area contributed by atoms with E-state index in [2.05, 4.69) is 5.10 Å². The number of carbonyl (C=O) groups is 2. The zero-order valence-electron chi connectivity index (χ0n) is 14.7. The van der Waals surface area contributed by atoms with E-state index in [1.165, 1.54) is 9.80 Å². The van der Waals surface area contributed by atoms with Crippen LogP contribution in [0.15, 0.2) is 0 Å². The SMILES string of the molecule is C[C@@H]1Cc2nn3c(c2CN1C(=O)O)C(=O)N(C)C[C@H](COCC(F)F)C3. The normalized spacial score (nSPS) is 23.0. The molecule has 0 fully saturated rings. The van der Waals surface area contributed by atoms with Gasteiger partial charge in [0.1, 0.15) is 12.3 Å². The van der Waals surface area contributed by atoms with Gasteiger partial charge in [-0.25, -0.2) is 13.6 Å². The van der Waals surface area contributed by atoms with Crippen LogP contribution in [0.1, 0.15) is 28.7 Å². The third kappa shape index (κ3) is 3.50. The molecule has 1 N–H and O–H groups in total. The number of rotatable bonds is 4. The number of alkyl halides is 2. The highest BCUT2D eigenvalue weighted by molar-refractivity contribution is 5.94. The number of fused-ring (bicyclic) bond motifs is 3. The molecule has 0 unspecified atom stereocenters. The molecule has 0 bridgehead atoms. The smallest absolute Gasteiger partial charge is 0.407 e. The van der Waals surface area contributed by atoms with E-state index in [0.717, 1.165) is 5.69 Å². The van der Waals surface area contributed by atoms with E-state index < -0.39 is 19.1 Å². The van der Waals surface area contributed by atoms with Crippen LogP contribution in [0.5, 0.6) is 0 Å². The van der Waals surface area contributed by atoms with E-state index in [4.69, 9.17) is 4.74 Å². The number of amides is 2. The molecule has 2 aliphatic heterocycles. The zero-order chi connectivity index (χ0) is 19.0. The van der Waals surface area contributed by atoms with Crippen LogP contribution in [0.3, 0.4) is 0 Å². The molecule has 8 nitrogen and oxygen atoms in total. The summed E-state index contributed by atoms with van der Waals surface area (Å²) in [7, 11) is 1.64. The van der Waals surface area contributed by atoms with Crippen LogP contribution in [-0.4, -0.2) is 76.0 Å². The van der Waals surface area contributed by atoms with Crippen molar-refractivity contribution in [2.24, 2.45) is 5.92 Å². The second kappa shape index (κ2) is 7.18. The van der Waals surface area contributed by atoms with Gasteiger partial charge in [-0.05, 0) is 6.92 Å². The lowest BCUT2D eigenvalue weighted by Gasteiger charge is -2.30. The van der Waals surface area contributed by atoms with Gasteiger partial charge in [-0.15, -0.1) is 0 Å². The molecule has 0 saturated carbocycles. The van der Waals surface area contributed by atoms with E-state index in [0.29, 0.717) is 30.8 Å². The number of carboxylic acid groups (broad SMARTS) is 1. The van der Waals surface area contributed by atoms with E-state index in [9.17, 15) is 23.5 Å². The van der Waals surface area contributed by atoms with Crippen molar-refractivity contribution in [3.63, 3.8) is 0 Å². The molecule has 0 aliphatic carbocycles. The van der Waals surface area contributed by atoms with Gasteiger partial charge in [0, 0.05) is 44.1 Å². The van der Waals surface area contributed by atoms with Gasteiger partial charge in [-0.3, -0.25) is 9.48 Å². The topological polar surface area (TPSA) is 87.9 Å². The lowest BCUT2D eigenvalue weighted by molar-refractivity contribution is -0.00113. The van der Waals surface area contributed by atoms with E-state index in [1.807, 2.05) is 0 Å². The Bertz CT molecular complexity index is 709. The summed E-state index contributed by atoms with van der Waals surface area (Å²) in [5.74, 6) is -0.409. The van der Waals surface area contributed by atoms with Gasteiger partial charge in [0.25, 0.3) is 12.3 Å². The Morgan fingerprint density at radius 3 is 2.81 bits per heavy atom. The standard InChI is InChI=1S/C16H22F2N4O4/c1-9-3-12-11(6-21(9)16(24)25)14-15(23)20(2)4-10(5-22(14)19-12)7-26-8-13(17)18/h9-10,13H,3-8H2,1-2H3,(H,24,25)/t9-,10+/m1/s1. The molecule has 3 rings (SSSR count). The van der Waals surface area contributed by atoms with Crippen molar-refractivity contribution in [2.75, 3.05) is 26.8 Å². The molecule has 2 amide bonds. The van der Waals surface area contributed by atoms with Crippen LogP contribution in [0.4, 0.5) is 13.6 Å². The highest BCUT2D eigenvalue weighted by atomic mass is 19.3. The van der Waals surface area contributed by atoms with Gasteiger partial charge in [0.2, 0.25) is 0 Å². The van der Waals surface area contributed by atoms with Crippen LogP contribution >= 0.6 is 0 Å². The monoisotopic (exact) mass is 372 g/mol. The van der Waals surface area contributed by atoms with Crippen molar-refractivity contribution in [3.05, 3.63) is 17.0 Å². The van der Waals surface area contributed by atoms with E-state index >= 15 is 0 Å². The molecule has 0 radical (unpaired) electrons. The zero-order valence-corrected chi connectivity index (χ0v) is 14.7. The molecule has 1 aromatic rings. The van der Waals surface area contributed by atoms with Gasteiger partial charge in [0.05, 0.1) is 18.8 Å². The number of hydrogen-bond donors (Lipinski definition) is 1. The predicted octanol–water partition coefficient (Wildman–Crippen LogP) is 1.29. The summed E-state index contributed by atoms with van der Waals surface area (Å²) in [4.78, 5) is 27.0. The Balaban J connectivity index is 1.86. The van der Waals surface area contributed by atoms with Crippen LogP contribution in [-0.2, 0) is 24.2 Å². The van der Waals surface area contributed by atoms with Crippen molar-refractivity contribution < 1.29 is 28.2 Å². The number of ether oxygens (including phenoxy) is 1. The average molecular weight is 372 g/mol. The molecule has 0 aromatic carbocycles. The summed E-state index contributed by atoms with van der Waals surface area (Å²) >= 11 is 0. The Morgan fingerprint density at radius 2 is 2.15 bits per heavy atom. The highest BCUT2D eigenvalue weighted by Gasteiger charge is 2.37. The highest BCUT2D eigenvalue weighted by Crippen LogP contribution is 2.29. The van der Waals surface area contributed by atoms with Gasteiger partial charge in [-0.1, -0.05) is 0 Å². The minimum atomic E-state index is -2.53. The number of aromatic nitrogens is 2. The molecule has 0 spiro atoms. The lowest BCUT2D eigenvalue weighted by atomic mass is 10.00. The minimum Gasteiger partial charge on any atom is -0.465 e. The maximum Gasteiger partial charge on any atom is 0.407 e. The molecule has 3 heterocycles. The summed E-state index contributed by atoms with van der Waals surface area (Å²) in [6.45, 7) is 2.11. The van der Waals surface area contributed by atoms with Crippen LogP contribution < -0.4 is 0 Å². The van der Waals surface area contributed by atoms with Gasteiger partial charge in [0.15, 0.2) is 0 Å². The lowest BCUT2D eigenvalue weighted by Crippen LogP contribution is -2.42. The van der Waals surface area contributed by atoms with Gasteiger partial charge >= 0.3 is 6.09 Å². The first-order chi connectivity index (χ1) is 12.3. The summed E-state index contributed by atoms with van der Waals surface area (Å²) in [6, 6.07) is -0.225. The van der Waals surface area contributed by atoms with Crippen molar-refractivity contribution in [1.29, 1.82) is 0 Å². The third-order valence-electron chi connectivity index (χ3n) is 4.84. The Kier molecular flexibility index (Phi) is 5.12. The largest absolute Gasteiger partial charge is 0.465 e. The van der Waals surface area contributed by atoms with Crippen molar-refractivity contribution in [1.82, 2.24) is 19.6 Å². The Labute approximate surface area is 149 Å². The van der Waals surface area contributed by atoms with Crippen molar-refractivity contribution in [2.45, 2.75) is 38.9 Å². The first-order valence-electron chi connectivity index (χ1n) is 8.47. The number of nitrogens with zero attached hydrogens (tertiary/aromatic N) is 4. The fraction of sp³-hybridized carbons (Fsp3) is 0.688. The summed E-state index contributed by atoms with van der Waals surface area (Å²) in [6.07, 6.45) is -3.13. The molecule has 144 valence electrons. The number of carbonyl (C=O) groups excluding carboxylic acids is 1. The molecule has 1 aromatic heterocycles. The number of hydrogen-bond acceptors (Lipinski definition) is 4. The first kappa shape index (κ1) is 18.6. The maximum absolute atomic E-state index is 12.8. The van der Waals surface area contributed by atoms with Crippen molar-refractivity contribution >= 4 is 12.0 Å². The average Bonchev–Trinajstić information content (AvgIpc) is 2.83. The van der Waals surface area contributed by atoms with E-state index in [1.54, 1.807) is 18.7 Å². The van der Waals surface area contributed by atoms with Crippen molar-refractivity contribution in [3.8, 4) is 0 Å². The van der Waals surface area contributed by atoms with Crippen LogP contribution in [0, 0.1) is 5.92 Å². The quantitative estimate of drug-likeness (QED) is 0.861. The van der Waals surface area contributed by atoms with E-state index in [-0.39, 0.29) is 31.0 Å². The van der Waals surface area contributed by atoms with Gasteiger partial charge < -0.3 is 19.6 Å². The Morgan fingerprint density at radius 1 is 1.42 bits per heavy atom. The molecule has 10 heteroatoms. The fourth-order valence-electron chi connectivity index (χ4n) is 3.61. The molecule has 26 heavy (non-hydrogen) atoms. The predicted molar refractivity (Wildman–Crippen MR) is 86.2 cm³/mol. The number of halogens is 2. The second-order valence-electron chi connectivity index (χ2n) is 6.90. The maximum atomic E-state index is 12.8. The summed E-state index contributed by atoms with van der Waals surface area (Å²) in [5, 5.41) is 13.9. The first-order valence-corrected chi connectivity index (χ1v) is 8.47. The molecule has 2 aliphatic rings. The van der Waals surface area contributed by atoms with Gasteiger partial charge in [-0.2, -0.15) is 5.10 Å². The van der Waals surface area contributed by atoms with Crippen LogP contribution in [0.2, 0.25) is 0 Å². The molecular weight excluding hydrogens is 350 g/mol.